The third kappa shape index (κ3) is 4.92. The zero-order valence-corrected chi connectivity index (χ0v) is 11.2. The molecule has 1 aromatic rings. The molecule has 0 aliphatic heterocycles. The lowest BCUT2D eigenvalue weighted by atomic mass is 10.2. The molecule has 1 fully saturated rings. The minimum atomic E-state index is -0.250. The fraction of sp³-hybridized carbons (Fsp3) is 0.571. The molecule has 1 saturated carbocycles. The van der Waals surface area contributed by atoms with Gasteiger partial charge in [0.2, 0.25) is 0 Å². The summed E-state index contributed by atoms with van der Waals surface area (Å²) >= 11 is 5.69. The first kappa shape index (κ1) is 13.8. The van der Waals surface area contributed by atoms with Gasteiger partial charge in [-0.2, -0.15) is 0 Å². The summed E-state index contributed by atoms with van der Waals surface area (Å²) in [5, 5.41) is 3.64. The Hall–Kier alpha value is -0.640. The van der Waals surface area contributed by atoms with Crippen LogP contribution in [0.3, 0.4) is 0 Å². The molecule has 0 atom stereocenters. The highest BCUT2D eigenvalue weighted by atomic mass is 35.5. The molecule has 0 radical (unpaired) electrons. The Morgan fingerprint density at radius 1 is 1.39 bits per heavy atom. The number of hydrogen-bond donors (Lipinski definition) is 1. The van der Waals surface area contributed by atoms with Crippen LogP contribution in [0.2, 0.25) is 5.02 Å². The highest BCUT2D eigenvalue weighted by Gasteiger charge is 2.20. The third-order valence-corrected chi connectivity index (χ3v) is 3.26. The van der Waals surface area contributed by atoms with Crippen molar-refractivity contribution in [3.63, 3.8) is 0 Å². The van der Waals surface area contributed by atoms with Gasteiger partial charge in [-0.1, -0.05) is 17.7 Å². The first-order valence-electron chi connectivity index (χ1n) is 6.48. The lowest BCUT2D eigenvalue weighted by Crippen LogP contribution is -2.17. The molecule has 0 heterocycles. The normalized spacial score (nSPS) is 15.0. The zero-order chi connectivity index (χ0) is 12.8. The SMILES string of the molecule is Fc1cc(Cl)ccc1CNCCCOCC1CC1. The van der Waals surface area contributed by atoms with Crippen LogP contribution in [0.5, 0.6) is 0 Å². The Bertz CT molecular complexity index is 382. The van der Waals surface area contributed by atoms with Crippen molar-refractivity contribution >= 4 is 11.6 Å². The monoisotopic (exact) mass is 271 g/mol. The van der Waals surface area contributed by atoms with Crippen LogP contribution in [0, 0.1) is 11.7 Å². The quantitative estimate of drug-likeness (QED) is 0.732. The fourth-order valence-electron chi connectivity index (χ4n) is 1.72. The average molecular weight is 272 g/mol. The molecule has 1 aliphatic carbocycles. The van der Waals surface area contributed by atoms with Crippen molar-refractivity contribution in [3.05, 3.63) is 34.6 Å². The van der Waals surface area contributed by atoms with Crippen LogP contribution in [0.25, 0.3) is 0 Å². The summed E-state index contributed by atoms with van der Waals surface area (Å²) in [5.74, 6) is 0.570. The maximum atomic E-state index is 13.4. The van der Waals surface area contributed by atoms with Crippen molar-refractivity contribution in [2.45, 2.75) is 25.8 Å². The largest absolute Gasteiger partial charge is 0.381 e. The standard InChI is InChI=1S/C14H19ClFNO/c15-13-5-4-12(14(16)8-13)9-17-6-1-7-18-10-11-2-3-11/h4-5,8,11,17H,1-3,6-7,9-10H2. The Morgan fingerprint density at radius 2 is 2.22 bits per heavy atom. The lowest BCUT2D eigenvalue weighted by molar-refractivity contribution is 0.122. The molecule has 2 nitrogen and oxygen atoms in total. The Labute approximate surface area is 112 Å². The van der Waals surface area contributed by atoms with E-state index in [-0.39, 0.29) is 5.82 Å². The molecular formula is C14H19ClFNO. The minimum absolute atomic E-state index is 0.250. The fourth-order valence-corrected chi connectivity index (χ4v) is 1.88. The van der Waals surface area contributed by atoms with Crippen LogP contribution in [0.1, 0.15) is 24.8 Å². The molecule has 4 heteroatoms. The van der Waals surface area contributed by atoms with Crippen LogP contribution in [0.4, 0.5) is 4.39 Å². The second-order valence-electron chi connectivity index (χ2n) is 4.78. The highest BCUT2D eigenvalue weighted by molar-refractivity contribution is 6.30. The topological polar surface area (TPSA) is 21.3 Å². The van der Waals surface area contributed by atoms with Crippen LogP contribution >= 0.6 is 11.6 Å². The molecule has 1 N–H and O–H groups in total. The minimum Gasteiger partial charge on any atom is -0.381 e. The van der Waals surface area contributed by atoms with Crippen molar-refractivity contribution in [2.75, 3.05) is 19.8 Å². The van der Waals surface area contributed by atoms with E-state index >= 15 is 0 Å². The summed E-state index contributed by atoms with van der Waals surface area (Å²) in [4.78, 5) is 0. The van der Waals surface area contributed by atoms with Crippen LogP contribution in [0.15, 0.2) is 18.2 Å². The molecule has 0 spiro atoms. The van der Waals surface area contributed by atoms with Gasteiger partial charge >= 0.3 is 0 Å². The van der Waals surface area contributed by atoms with Gasteiger partial charge in [-0.05, 0) is 43.9 Å². The van der Waals surface area contributed by atoms with Crippen LogP contribution < -0.4 is 5.32 Å². The van der Waals surface area contributed by atoms with Gasteiger partial charge in [-0.3, -0.25) is 0 Å². The second kappa shape index (κ2) is 7.07. The number of nitrogens with one attached hydrogen (secondary N) is 1. The molecule has 1 aliphatic rings. The molecule has 18 heavy (non-hydrogen) atoms. The maximum absolute atomic E-state index is 13.4. The van der Waals surface area contributed by atoms with E-state index in [4.69, 9.17) is 16.3 Å². The summed E-state index contributed by atoms with van der Waals surface area (Å²) in [5.41, 5.74) is 0.651. The molecular weight excluding hydrogens is 253 g/mol. The summed E-state index contributed by atoms with van der Waals surface area (Å²) in [6, 6.07) is 4.77. The second-order valence-corrected chi connectivity index (χ2v) is 5.22. The van der Waals surface area contributed by atoms with E-state index in [0.29, 0.717) is 17.1 Å². The highest BCUT2D eigenvalue weighted by Crippen LogP contribution is 2.28. The number of ether oxygens (including phenoxy) is 1. The predicted octanol–water partition coefficient (Wildman–Crippen LogP) is 3.39. The number of hydrogen-bond acceptors (Lipinski definition) is 2. The van der Waals surface area contributed by atoms with Gasteiger partial charge in [0, 0.05) is 30.3 Å². The Kier molecular flexibility index (Phi) is 5.42. The van der Waals surface area contributed by atoms with Gasteiger partial charge in [-0.25, -0.2) is 4.39 Å². The van der Waals surface area contributed by atoms with Crippen molar-refractivity contribution < 1.29 is 9.13 Å². The van der Waals surface area contributed by atoms with Gasteiger partial charge in [0.25, 0.3) is 0 Å². The van der Waals surface area contributed by atoms with E-state index in [0.717, 1.165) is 32.1 Å². The number of benzene rings is 1. The van der Waals surface area contributed by atoms with E-state index in [1.165, 1.54) is 18.9 Å². The molecule has 0 aromatic heterocycles. The van der Waals surface area contributed by atoms with Gasteiger partial charge in [0.15, 0.2) is 0 Å². The molecule has 0 amide bonds. The number of rotatable bonds is 8. The molecule has 0 bridgehead atoms. The molecule has 100 valence electrons. The molecule has 1 aromatic carbocycles. The average Bonchev–Trinajstić information content (AvgIpc) is 3.14. The Morgan fingerprint density at radius 3 is 2.94 bits per heavy atom. The predicted molar refractivity (Wildman–Crippen MR) is 71.3 cm³/mol. The number of halogens is 2. The zero-order valence-electron chi connectivity index (χ0n) is 10.4. The maximum Gasteiger partial charge on any atom is 0.129 e. The van der Waals surface area contributed by atoms with Crippen molar-refractivity contribution in [1.29, 1.82) is 0 Å². The van der Waals surface area contributed by atoms with E-state index in [9.17, 15) is 4.39 Å². The van der Waals surface area contributed by atoms with Crippen LogP contribution in [-0.2, 0) is 11.3 Å². The van der Waals surface area contributed by atoms with Gasteiger partial charge < -0.3 is 10.1 Å². The third-order valence-electron chi connectivity index (χ3n) is 3.02. The summed E-state index contributed by atoms with van der Waals surface area (Å²) in [6.07, 6.45) is 3.62. The first-order chi connectivity index (χ1) is 8.75. The molecule has 2 rings (SSSR count). The molecule has 0 saturated heterocycles. The van der Waals surface area contributed by atoms with Gasteiger partial charge in [-0.15, -0.1) is 0 Å². The smallest absolute Gasteiger partial charge is 0.129 e. The first-order valence-corrected chi connectivity index (χ1v) is 6.86. The van der Waals surface area contributed by atoms with E-state index < -0.39 is 0 Å². The summed E-state index contributed by atoms with van der Waals surface area (Å²) in [7, 11) is 0. The van der Waals surface area contributed by atoms with Crippen molar-refractivity contribution in [2.24, 2.45) is 5.92 Å². The molecule has 0 unspecified atom stereocenters. The van der Waals surface area contributed by atoms with E-state index in [1.54, 1.807) is 12.1 Å². The Balaban J connectivity index is 1.53. The summed E-state index contributed by atoms with van der Waals surface area (Å²) < 4.78 is 18.9. The van der Waals surface area contributed by atoms with Gasteiger partial charge in [0.1, 0.15) is 5.82 Å². The van der Waals surface area contributed by atoms with Crippen LogP contribution in [-0.4, -0.2) is 19.8 Å². The lowest BCUT2D eigenvalue weighted by Gasteiger charge is -2.07. The van der Waals surface area contributed by atoms with Crippen molar-refractivity contribution in [1.82, 2.24) is 5.32 Å². The van der Waals surface area contributed by atoms with Gasteiger partial charge in [0.05, 0.1) is 0 Å². The van der Waals surface area contributed by atoms with Crippen molar-refractivity contribution in [3.8, 4) is 0 Å². The summed E-state index contributed by atoms with van der Waals surface area (Å²) in [6.45, 7) is 3.07. The van der Waals surface area contributed by atoms with E-state index in [2.05, 4.69) is 5.32 Å². The van der Waals surface area contributed by atoms with E-state index in [1.807, 2.05) is 0 Å².